The minimum atomic E-state index is -0.741. The summed E-state index contributed by atoms with van der Waals surface area (Å²) < 4.78 is 0. The highest BCUT2D eigenvalue weighted by Gasteiger charge is 2.33. The lowest BCUT2D eigenvalue weighted by Gasteiger charge is -2.38. The van der Waals surface area contributed by atoms with Crippen LogP contribution in [0.3, 0.4) is 0 Å². The van der Waals surface area contributed by atoms with Gasteiger partial charge < -0.3 is 15.3 Å². The molecule has 0 aromatic carbocycles. The number of carboxylic acid groups (broad SMARTS) is 1. The normalized spacial score (nSPS) is 28.0. The Balaban J connectivity index is 1.93. The minimum absolute atomic E-state index is 0.0202. The maximum Gasteiger partial charge on any atom is 0.307 e. The molecule has 1 saturated heterocycles. The maximum atomic E-state index is 11.9. The van der Waals surface area contributed by atoms with Crippen LogP contribution in [0.2, 0.25) is 0 Å². The topological polar surface area (TPSA) is 69.6 Å². The second-order valence-corrected chi connectivity index (χ2v) is 7.00. The van der Waals surface area contributed by atoms with Gasteiger partial charge in [-0.05, 0) is 25.2 Å². The molecule has 5 heteroatoms. The average molecular weight is 296 g/mol. The van der Waals surface area contributed by atoms with Gasteiger partial charge in [0, 0.05) is 31.6 Å². The van der Waals surface area contributed by atoms with Gasteiger partial charge in [0.25, 0.3) is 0 Å². The fourth-order valence-electron chi connectivity index (χ4n) is 3.55. The predicted octanol–water partition coefficient (Wildman–Crippen LogP) is 1.72. The summed E-state index contributed by atoms with van der Waals surface area (Å²) in [5, 5.41) is 12.4. The fourth-order valence-corrected chi connectivity index (χ4v) is 3.55. The first-order chi connectivity index (χ1) is 9.95. The smallest absolute Gasteiger partial charge is 0.307 e. The van der Waals surface area contributed by atoms with E-state index in [1.165, 1.54) is 25.7 Å². The Bertz CT molecular complexity index is 378. The van der Waals surface area contributed by atoms with Crippen molar-refractivity contribution in [1.82, 2.24) is 10.2 Å². The molecule has 2 atom stereocenters. The minimum Gasteiger partial charge on any atom is -0.481 e. The Morgan fingerprint density at radius 1 is 1.24 bits per heavy atom. The van der Waals surface area contributed by atoms with Gasteiger partial charge >= 0.3 is 5.97 Å². The number of nitrogens with one attached hydrogen (secondary N) is 1. The molecule has 1 aliphatic carbocycles. The number of aliphatic carboxylic acids is 1. The van der Waals surface area contributed by atoms with Crippen LogP contribution >= 0.6 is 0 Å². The number of rotatable bonds is 5. The molecular weight excluding hydrogens is 268 g/mol. The molecule has 2 N–H and O–H groups in total. The first-order valence-corrected chi connectivity index (χ1v) is 8.21. The molecular formula is C16H28N2O3. The summed E-state index contributed by atoms with van der Waals surface area (Å²) >= 11 is 0. The van der Waals surface area contributed by atoms with Crippen LogP contribution in [0.25, 0.3) is 0 Å². The number of likely N-dealkylation sites (tertiary alicyclic amines) is 1. The van der Waals surface area contributed by atoms with Gasteiger partial charge in [0.05, 0.1) is 5.92 Å². The second kappa shape index (κ2) is 7.25. The molecule has 1 amide bonds. The summed E-state index contributed by atoms with van der Waals surface area (Å²) in [6, 6.07) is -0.0313. The van der Waals surface area contributed by atoms with Crippen molar-refractivity contribution in [1.29, 1.82) is 0 Å². The Kier molecular flexibility index (Phi) is 5.62. The molecule has 1 aliphatic heterocycles. The van der Waals surface area contributed by atoms with Gasteiger partial charge in [0.1, 0.15) is 0 Å². The van der Waals surface area contributed by atoms with E-state index in [4.69, 9.17) is 0 Å². The lowest BCUT2D eigenvalue weighted by atomic mass is 9.92. The molecule has 0 aromatic rings. The van der Waals surface area contributed by atoms with Crippen LogP contribution in [-0.4, -0.2) is 47.6 Å². The number of carbonyl (C=O) groups is 2. The number of hydrogen-bond acceptors (Lipinski definition) is 3. The van der Waals surface area contributed by atoms with E-state index in [-0.39, 0.29) is 23.8 Å². The number of carboxylic acids is 1. The summed E-state index contributed by atoms with van der Waals surface area (Å²) in [6.45, 7) is 6.13. The molecule has 0 bridgehead atoms. The van der Waals surface area contributed by atoms with E-state index in [1.54, 1.807) is 0 Å². The van der Waals surface area contributed by atoms with Gasteiger partial charge in [-0.3, -0.25) is 9.59 Å². The Morgan fingerprint density at radius 3 is 2.48 bits per heavy atom. The van der Waals surface area contributed by atoms with E-state index in [1.807, 2.05) is 13.8 Å². The molecule has 2 fully saturated rings. The zero-order valence-electron chi connectivity index (χ0n) is 13.2. The van der Waals surface area contributed by atoms with Gasteiger partial charge in [-0.15, -0.1) is 0 Å². The maximum absolute atomic E-state index is 11.9. The lowest BCUT2D eigenvalue weighted by molar-refractivity contribution is -0.144. The molecule has 0 aromatic heterocycles. The van der Waals surface area contributed by atoms with E-state index in [2.05, 4.69) is 10.2 Å². The second-order valence-electron chi connectivity index (χ2n) is 7.00. The number of piperidine rings is 1. The third-order valence-electron chi connectivity index (χ3n) is 4.74. The molecule has 2 rings (SSSR count). The lowest BCUT2D eigenvalue weighted by Crippen LogP contribution is -2.53. The largest absolute Gasteiger partial charge is 0.481 e. The van der Waals surface area contributed by atoms with Crippen LogP contribution < -0.4 is 5.32 Å². The highest BCUT2D eigenvalue weighted by atomic mass is 16.4. The molecule has 2 aliphatic rings. The number of hydrogen-bond donors (Lipinski definition) is 2. The summed E-state index contributed by atoms with van der Waals surface area (Å²) in [6.07, 6.45) is 5.67. The summed E-state index contributed by atoms with van der Waals surface area (Å²) in [4.78, 5) is 25.5. The van der Waals surface area contributed by atoms with Crippen LogP contribution in [-0.2, 0) is 9.59 Å². The third-order valence-corrected chi connectivity index (χ3v) is 4.74. The van der Waals surface area contributed by atoms with Gasteiger partial charge in [-0.25, -0.2) is 0 Å². The molecule has 2 unspecified atom stereocenters. The quantitative estimate of drug-likeness (QED) is 0.810. The summed E-state index contributed by atoms with van der Waals surface area (Å²) in [5.74, 6) is -0.433. The molecule has 5 nitrogen and oxygen atoms in total. The molecule has 0 spiro atoms. The molecule has 21 heavy (non-hydrogen) atoms. The van der Waals surface area contributed by atoms with Crippen molar-refractivity contribution in [3.05, 3.63) is 0 Å². The van der Waals surface area contributed by atoms with E-state index in [9.17, 15) is 14.7 Å². The Labute approximate surface area is 127 Å². The molecule has 1 heterocycles. The van der Waals surface area contributed by atoms with Crippen LogP contribution in [0.5, 0.6) is 0 Å². The Hall–Kier alpha value is -1.10. The van der Waals surface area contributed by atoms with E-state index in [0.29, 0.717) is 18.9 Å². The van der Waals surface area contributed by atoms with Crippen molar-refractivity contribution in [2.24, 2.45) is 17.8 Å². The van der Waals surface area contributed by atoms with E-state index < -0.39 is 5.97 Å². The monoisotopic (exact) mass is 296 g/mol. The van der Waals surface area contributed by atoms with Crippen molar-refractivity contribution in [3.63, 3.8) is 0 Å². The van der Waals surface area contributed by atoms with E-state index >= 15 is 0 Å². The molecule has 1 saturated carbocycles. The SMILES string of the molecule is CC(C)C(=O)NC1CC(C(=O)O)CN(CC2CCCC2)C1. The number of carbonyl (C=O) groups excluding carboxylic acids is 1. The highest BCUT2D eigenvalue weighted by molar-refractivity contribution is 5.78. The molecule has 0 radical (unpaired) electrons. The van der Waals surface area contributed by atoms with Crippen molar-refractivity contribution < 1.29 is 14.7 Å². The number of amides is 1. The molecule has 120 valence electrons. The zero-order valence-corrected chi connectivity index (χ0v) is 13.2. The van der Waals surface area contributed by atoms with Crippen LogP contribution in [0.4, 0.5) is 0 Å². The van der Waals surface area contributed by atoms with Crippen molar-refractivity contribution in [3.8, 4) is 0 Å². The van der Waals surface area contributed by atoms with E-state index in [0.717, 1.165) is 13.1 Å². The van der Waals surface area contributed by atoms with Crippen LogP contribution in [0.1, 0.15) is 46.0 Å². The van der Waals surface area contributed by atoms with Crippen LogP contribution in [0, 0.1) is 17.8 Å². The van der Waals surface area contributed by atoms with Crippen molar-refractivity contribution in [2.75, 3.05) is 19.6 Å². The van der Waals surface area contributed by atoms with Crippen molar-refractivity contribution >= 4 is 11.9 Å². The fraction of sp³-hybridized carbons (Fsp3) is 0.875. The van der Waals surface area contributed by atoms with Crippen molar-refractivity contribution in [2.45, 2.75) is 52.0 Å². The summed E-state index contributed by atoms with van der Waals surface area (Å²) in [7, 11) is 0. The predicted molar refractivity (Wildman–Crippen MR) is 80.9 cm³/mol. The Morgan fingerprint density at radius 2 is 1.90 bits per heavy atom. The average Bonchev–Trinajstić information content (AvgIpc) is 2.91. The number of nitrogens with zero attached hydrogens (tertiary/aromatic N) is 1. The van der Waals surface area contributed by atoms with Crippen LogP contribution in [0.15, 0.2) is 0 Å². The first-order valence-electron chi connectivity index (χ1n) is 8.21. The zero-order chi connectivity index (χ0) is 15.4. The van der Waals surface area contributed by atoms with Gasteiger partial charge in [-0.2, -0.15) is 0 Å². The van der Waals surface area contributed by atoms with Gasteiger partial charge in [-0.1, -0.05) is 26.7 Å². The highest BCUT2D eigenvalue weighted by Crippen LogP contribution is 2.27. The van der Waals surface area contributed by atoms with Gasteiger partial charge in [0.15, 0.2) is 0 Å². The first kappa shape index (κ1) is 16.3. The third kappa shape index (κ3) is 4.70. The standard InChI is InChI=1S/C16H28N2O3/c1-11(2)15(19)17-14-7-13(16(20)21)9-18(10-14)8-12-5-3-4-6-12/h11-14H,3-10H2,1-2H3,(H,17,19)(H,20,21). The van der Waals surface area contributed by atoms with Gasteiger partial charge in [0.2, 0.25) is 5.91 Å². The summed E-state index contributed by atoms with van der Waals surface area (Å²) in [5.41, 5.74) is 0.